The fourth-order valence-electron chi connectivity index (χ4n) is 3.47. The predicted molar refractivity (Wildman–Crippen MR) is 107 cm³/mol. The van der Waals surface area contributed by atoms with Crippen LogP contribution in [0.2, 0.25) is 0 Å². The Balaban J connectivity index is 1.66. The van der Waals surface area contributed by atoms with Gasteiger partial charge < -0.3 is 20.3 Å². The van der Waals surface area contributed by atoms with Gasteiger partial charge in [-0.3, -0.25) is 9.59 Å². The van der Waals surface area contributed by atoms with E-state index in [1.807, 2.05) is 43.3 Å². The van der Waals surface area contributed by atoms with E-state index in [1.54, 1.807) is 7.11 Å². The molecule has 6 nitrogen and oxygen atoms in total. The van der Waals surface area contributed by atoms with Crippen LogP contribution in [0.1, 0.15) is 31.2 Å². The zero-order valence-corrected chi connectivity index (χ0v) is 16.8. The number of nitrogens with zero attached hydrogens (tertiary/aromatic N) is 1. The predicted octanol–water partition coefficient (Wildman–Crippen LogP) is 1.84. The molecule has 27 heavy (non-hydrogen) atoms. The van der Waals surface area contributed by atoms with Gasteiger partial charge in [0, 0.05) is 31.5 Å². The van der Waals surface area contributed by atoms with Gasteiger partial charge in [-0.25, -0.2) is 0 Å². The number of nitrogens with one attached hydrogen (secondary N) is 2. The molecule has 0 saturated heterocycles. The van der Waals surface area contributed by atoms with Gasteiger partial charge in [-0.15, -0.1) is 0 Å². The number of ether oxygens (including phenoxy) is 1. The van der Waals surface area contributed by atoms with Crippen molar-refractivity contribution in [3.05, 3.63) is 29.8 Å². The van der Waals surface area contributed by atoms with Crippen molar-refractivity contribution in [2.75, 3.05) is 40.8 Å². The molecule has 150 valence electrons. The lowest BCUT2D eigenvalue weighted by Crippen LogP contribution is -2.39. The third-order valence-corrected chi connectivity index (χ3v) is 5.17. The number of benzene rings is 1. The maximum atomic E-state index is 12.4. The molecular formula is C21H33N3O3. The number of carbonyl (C=O) groups is 2. The van der Waals surface area contributed by atoms with Gasteiger partial charge in [0.1, 0.15) is 5.75 Å². The Morgan fingerprint density at radius 1 is 1.04 bits per heavy atom. The standard InChI is InChI=1S/C21H33N3O3/c1-24(2)14-13-23-21(26)18-9-7-17(8-10-18)20(25)22-12-11-16-5-4-6-19(15-16)27-3/h4-6,15,17-18H,7-14H2,1-3H3,(H,22,25)(H,23,26). The molecule has 2 N–H and O–H groups in total. The average molecular weight is 376 g/mol. The highest BCUT2D eigenvalue weighted by molar-refractivity contribution is 5.81. The lowest BCUT2D eigenvalue weighted by atomic mass is 9.81. The Bertz CT molecular complexity index is 610. The van der Waals surface area contributed by atoms with E-state index in [9.17, 15) is 9.59 Å². The summed E-state index contributed by atoms with van der Waals surface area (Å²) in [6, 6.07) is 7.90. The van der Waals surface area contributed by atoms with Gasteiger partial charge in [-0.2, -0.15) is 0 Å². The molecule has 0 aliphatic heterocycles. The Hall–Kier alpha value is -2.08. The molecule has 1 saturated carbocycles. The van der Waals surface area contributed by atoms with Crippen LogP contribution in [0.4, 0.5) is 0 Å². The molecule has 1 aromatic rings. The van der Waals surface area contributed by atoms with Gasteiger partial charge in [0.2, 0.25) is 11.8 Å². The molecule has 1 fully saturated rings. The second-order valence-electron chi connectivity index (χ2n) is 7.54. The highest BCUT2D eigenvalue weighted by Crippen LogP contribution is 2.29. The molecule has 0 aromatic heterocycles. The summed E-state index contributed by atoms with van der Waals surface area (Å²) in [5.74, 6) is 1.16. The summed E-state index contributed by atoms with van der Waals surface area (Å²) in [6.07, 6.45) is 3.95. The Morgan fingerprint density at radius 3 is 2.19 bits per heavy atom. The van der Waals surface area contributed by atoms with E-state index >= 15 is 0 Å². The van der Waals surface area contributed by atoms with Crippen LogP contribution in [0, 0.1) is 11.8 Å². The molecule has 0 radical (unpaired) electrons. The van der Waals surface area contributed by atoms with E-state index in [0.29, 0.717) is 13.1 Å². The number of hydrogen-bond acceptors (Lipinski definition) is 4. The molecule has 0 unspecified atom stereocenters. The molecule has 1 aromatic carbocycles. The van der Waals surface area contributed by atoms with Crippen LogP contribution in [-0.4, -0.2) is 57.6 Å². The van der Waals surface area contributed by atoms with Crippen molar-refractivity contribution in [3.8, 4) is 5.75 Å². The number of methoxy groups -OCH3 is 1. The average Bonchev–Trinajstić information content (AvgIpc) is 2.67. The summed E-state index contributed by atoms with van der Waals surface area (Å²) in [5.41, 5.74) is 1.15. The summed E-state index contributed by atoms with van der Waals surface area (Å²) in [4.78, 5) is 26.6. The molecule has 0 spiro atoms. The topological polar surface area (TPSA) is 70.7 Å². The third-order valence-electron chi connectivity index (χ3n) is 5.17. The molecule has 1 aliphatic rings. The van der Waals surface area contributed by atoms with E-state index in [4.69, 9.17) is 4.74 Å². The normalized spacial score (nSPS) is 19.6. The van der Waals surface area contributed by atoms with E-state index in [-0.39, 0.29) is 23.7 Å². The molecule has 2 amide bonds. The highest BCUT2D eigenvalue weighted by atomic mass is 16.5. The van der Waals surface area contributed by atoms with Crippen molar-refractivity contribution >= 4 is 11.8 Å². The first-order valence-electron chi connectivity index (χ1n) is 9.82. The number of amides is 2. The summed E-state index contributed by atoms with van der Waals surface area (Å²) in [5, 5.41) is 6.04. The fourth-order valence-corrected chi connectivity index (χ4v) is 3.47. The molecule has 6 heteroatoms. The van der Waals surface area contributed by atoms with Gasteiger partial charge in [0.25, 0.3) is 0 Å². The Kier molecular flexibility index (Phi) is 8.58. The van der Waals surface area contributed by atoms with Crippen LogP contribution >= 0.6 is 0 Å². The first-order chi connectivity index (χ1) is 13.0. The van der Waals surface area contributed by atoms with Gasteiger partial charge in [-0.05, 0) is 63.9 Å². The fraction of sp³-hybridized carbons (Fsp3) is 0.619. The zero-order valence-electron chi connectivity index (χ0n) is 16.8. The van der Waals surface area contributed by atoms with Crippen LogP contribution in [0.15, 0.2) is 24.3 Å². The SMILES string of the molecule is COc1cccc(CCNC(=O)C2CCC(C(=O)NCCN(C)C)CC2)c1. The van der Waals surface area contributed by atoms with Crippen molar-refractivity contribution in [3.63, 3.8) is 0 Å². The van der Waals surface area contributed by atoms with Gasteiger partial charge >= 0.3 is 0 Å². The largest absolute Gasteiger partial charge is 0.497 e. The Labute approximate surface area is 162 Å². The number of likely N-dealkylation sites (N-methyl/N-ethyl adjacent to an activating group) is 1. The van der Waals surface area contributed by atoms with E-state index < -0.39 is 0 Å². The van der Waals surface area contributed by atoms with Gasteiger partial charge in [0.15, 0.2) is 0 Å². The lowest BCUT2D eigenvalue weighted by Gasteiger charge is -2.27. The smallest absolute Gasteiger partial charge is 0.223 e. The second kappa shape index (κ2) is 10.9. The molecule has 0 bridgehead atoms. The first-order valence-corrected chi connectivity index (χ1v) is 9.82. The molecule has 0 heterocycles. The van der Waals surface area contributed by atoms with Gasteiger partial charge in [0.05, 0.1) is 7.11 Å². The number of carbonyl (C=O) groups excluding carboxylic acids is 2. The monoisotopic (exact) mass is 375 g/mol. The molecule has 0 atom stereocenters. The van der Waals surface area contributed by atoms with Crippen LogP contribution in [0.25, 0.3) is 0 Å². The van der Waals surface area contributed by atoms with E-state index in [2.05, 4.69) is 10.6 Å². The summed E-state index contributed by atoms with van der Waals surface area (Å²) < 4.78 is 5.22. The minimum absolute atomic E-state index is 0.0288. The maximum Gasteiger partial charge on any atom is 0.223 e. The first kappa shape index (κ1) is 21.2. The van der Waals surface area contributed by atoms with Crippen molar-refractivity contribution in [2.24, 2.45) is 11.8 Å². The van der Waals surface area contributed by atoms with Crippen molar-refractivity contribution < 1.29 is 14.3 Å². The quantitative estimate of drug-likeness (QED) is 0.691. The number of hydrogen-bond donors (Lipinski definition) is 2. The summed E-state index contributed by atoms with van der Waals surface area (Å²) in [7, 11) is 5.63. The zero-order chi connectivity index (χ0) is 19.6. The van der Waals surface area contributed by atoms with E-state index in [0.717, 1.165) is 50.0 Å². The third kappa shape index (κ3) is 7.21. The van der Waals surface area contributed by atoms with Crippen LogP contribution in [0.3, 0.4) is 0 Å². The van der Waals surface area contributed by atoms with E-state index in [1.165, 1.54) is 0 Å². The number of rotatable bonds is 9. The summed E-state index contributed by atoms with van der Waals surface area (Å²) in [6.45, 7) is 2.14. The van der Waals surface area contributed by atoms with Crippen molar-refractivity contribution in [2.45, 2.75) is 32.1 Å². The maximum absolute atomic E-state index is 12.4. The second-order valence-corrected chi connectivity index (χ2v) is 7.54. The highest BCUT2D eigenvalue weighted by Gasteiger charge is 2.29. The molecule has 1 aliphatic carbocycles. The van der Waals surface area contributed by atoms with Gasteiger partial charge in [-0.1, -0.05) is 12.1 Å². The molecular weight excluding hydrogens is 342 g/mol. The van der Waals surface area contributed by atoms with Crippen LogP contribution in [-0.2, 0) is 16.0 Å². The van der Waals surface area contributed by atoms with Crippen LogP contribution < -0.4 is 15.4 Å². The Morgan fingerprint density at radius 2 is 1.63 bits per heavy atom. The minimum Gasteiger partial charge on any atom is -0.497 e. The van der Waals surface area contributed by atoms with Crippen molar-refractivity contribution in [1.29, 1.82) is 0 Å². The van der Waals surface area contributed by atoms with Crippen LogP contribution in [0.5, 0.6) is 5.75 Å². The lowest BCUT2D eigenvalue weighted by molar-refractivity contribution is -0.130. The summed E-state index contributed by atoms with van der Waals surface area (Å²) >= 11 is 0. The minimum atomic E-state index is 0.0288. The van der Waals surface area contributed by atoms with Crippen molar-refractivity contribution in [1.82, 2.24) is 15.5 Å². The molecule has 2 rings (SSSR count).